The topological polar surface area (TPSA) is 184 Å². The molecule has 3 aromatic rings. The molecule has 13 nitrogen and oxygen atoms in total. The van der Waals surface area contributed by atoms with Gasteiger partial charge in [-0.3, -0.25) is 24.2 Å². The number of benzene rings is 2. The zero-order chi connectivity index (χ0) is 37.4. The summed E-state index contributed by atoms with van der Waals surface area (Å²) in [6.07, 6.45) is 0.162. The number of hydrogen-bond donors (Lipinski definition) is 5. The number of nitrogens with zero attached hydrogens (tertiary/aromatic N) is 4. The number of ketones is 2. The Kier molecular flexibility index (Phi) is 8.67. The summed E-state index contributed by atoms with van der Waals surface area (Å²) >= 11 is 0. The number of furan rings is 1. The Bertz CT molecular complexity index is 2060. The van der Waals surface area contributed by atoms with Gasteiger partial charge in [0.05, 0.1) is 29.4 Å². The highest BCUT2D eigenvalue weighted by Gasteiger charge is 2.63. The quantitative estimate of drug-likeness (QED) is 0.226. The van der Waals surface area contributed by atoms with Crippen molar-refractivity contribution in [2.45, 2.75) is 31.0 Å². The number of fused-ring (bicyclic) bond motifs is 3. The van der Waals surface area contributed by atoms with Crippen molar-refractivity contribution in [3.8, 4) is 17.1 Å². The first-order chi connectivity index (χ1) is 24.6. The van der Waals surface area contributed by atoms with E-state index in [1.54, 1.807) is 58.5 Å². The van der Waals surface area contributed by atoms with Gasteiger partial charge in [-0.05, 0) is 68.8 Å². The Balaban J connectivity index is 1.22. The van der Waals surface area contributed by atoms with Crippen LogP contribution in [0.25, 0.3) is 11.3 Å². The van der Waals surface area contributed by atoms with Gasteiger partial charge in [-0.2, -0.15) is 0 Å². The molecular weight excluding hydrogens is 673 g/mol. The van der Waals surface area contributed by atoms with Gasteiger partial charge in [0.25, 0.3) is 5.91 Å². The number of primary amides is 1. The maximum Gasteiger partial charge on any atom is 0.255 e. The summed E-state index contributed by atoms with van der Waals surface area (Å²) in [6, 6.07) is 10.9. The Hall–Kier alpha value is -5.18. The summed E-state index contributed by atoms with van der Waals surface area (Å²) < 4.78 is 20.6. The normalized spacial score (nSPS) is 25.0. The molecule has 2 aromatic carbocycles. The van der Waals surface area contributed by atoms with E-state index in [1.807, 2.05) is 15.9 Å². The standard InChI is InChI=1S/C38H42FN5O8/c1-41(2)26-17-22(27-10-9-20(52-27)18-43-11-13-44(14-12-43)25-8-6-5-7-24(25)39)32(45)29-21(26)15-19-16-23-31(42(3)4)34(47)30(37(40)50)36(49)38(23,51)35(48)28(19)33(29)46/h5-10,17,19,23,31,45,47-48,51H,11-16,18H2,1-4H3,(H2,40,50)/t19-,23-,31-,38-/m0/s1. The number of anilines is 2. The highest BCUT2D eigenvalue weighted by molar-refractivity contribution is 6.25. The summed E-state index contributed by atoms with van der Waals surface area (Å²) in [5, 5.41) is 46.4. The van der Waals surface area contributed by atoms with Crippen molar-refractivity contribution >= 4 is 28.8 Å². The molecule has 0 bridgehead atoms. The lowest BCUT2D eigenvalue weighted by Crippen LogP contribution is -2.63. The molecule has 52 heavy (non-hydrogen) atoms. The van der Waals surface area contributed by atoms with Gasteiger partial charge in [0.15, 0.2) is 11.4 Å². The fraction of sp³-hybridized carbons (Fsp3) is 0.395. The van der Waals surface area contributed by atoms with Gasteiger partial charge in [0.1, 0.15) is 40.2 Å². The average molecular weight is 716 g/mol. The first kappa shape index (κ1) is 35.2. The highest BCUT2D eigenvalue weighted by atomic mass is 19.1. The number of carbonyl (C=O) groups is 3. The number of aliphatic hydroxyl groups excluding tert-OH is 2. The van der Waals surface area contributed by atoms with Crippen LogP contribution in [0.3, 0.4) is 0 Å². The van der Waals surface area contributed by atoms with Gasteiger partial charge < -0.3 is 40.4 Å². The SMILES string of the molecule is CN(C)c1cc(-c2ccc(CN3CCN(c4ccccc4F)CC3)o2)c(O)c2c1C[C@H]1C[C@H]3[C@H](N(C)C)C(O)=C(C(N)=O)C(=O)[C@@]3(O)C(O)=C1C2=O. The molecule has 1 aromatic heterocycles. The summed E-state index contributed by atoms with van der Waals surface area (Å²) in [4.78, 5) is 47.9. The first-order valence-electron chi connectivity index (χ1n) is 17.2. The number of para-hydroxylation sites is 1. The number of aliphatic hydroxyl groups is 3. The van der Waals surface area contributed by atoms with Crippen LogP contribution >= 0.6 is 0 Å². The van der Waals surface area contributed by atoms with Crippen molar-refractivity contribution in [3.05, 3.63) is 87.8 Å². The van der Waals surface area contributed by atoms with E-state index in [-0.39, 0.29) is 41.1 Å². The number of phenols is 1. The van der Waals surface area contributed by atoms with Crippen molar-refractivity contribution < 1.29 is 43.6 Å². The molecule has 1 fully saturated rings. The molecule has 7 rings (SSSR count). The number of hydrogen-bond acceptors (Lipinski definition) is 12. The molecule has 274 valence electrons. The van der Waals surface area contributed by atoms with E-state index in [4.69, 9.17) is 10.2 Å². The third kappa shape index (κ3) is 5.35. The number of amides is 1. The van der Waals surface area contributed by atoms with Gasteiger partial charge in [-0.1, -0.05) is 12.1 Å². The second-order valence-electron chi connectivity index (χ2n) is 14.5. The predicted octanol–water partition coefficient (Wildman–Crippen LogP) is 2.91. The molecule has 1 amide bonds. The maximum absolute atomic E-state index is 14.4. The molecule has 1 saturated heterocycles. The lowest BCUT2D eigenvalue weighted by molar-refractivity contribution is -0.148. The molecule has 0 radical (unpaired) electrons. The van der Waals surface area contributed by atoms with Gasteiger partial charge in [-0.25, -0.2) is 4.39 Å². The van der Waals surface area contributed by atoms with Gasteiger partial charge >= 0.3 is 0 Å². The number of likely N-dealkylation sites (N-methyl/N-ethyl adjacent to an activating group) is 1. The molecule has 14 heteroatoms. The largest absolute Gasteiger partial charge is 0.510 e. The van der Waals surface area contributed by atoms with E-state index in [1.165, 1.54) is 11.0 Å². The fourth-order valence-electron chi connectivity index (χ4n) is 8.57. The third-order valence-electron chi connectivity index (χ3n) is 11.1. The van der Waals surface area contributed by atoms with E-state index in [2.05, 4.69) is 4.90 Å². The number of carbonyl (C=O) groups excluding carboxylic acids is 3. The molecule has 1 aliphatic heterocycles. The van der Waals surface area contributed by atoms with Crippen LogP contribution in [0.2, 0.25) is 0 Å². The summed E-state index contributed by atoms with van der Waals surface area (Å²) in [5.41, 5.74) is 3.50. The molecule has 4 aliphatic rings. The van der Waals surface area contributed by atoms with Crippen LogP contribution in [0.5, 0.6) is 5.75 Å². The number of allylic oxidation sites excluding steroid dienone is 1. The minimum absolute atomic E-state index is 0.00274. The highest BCUT2D eigenvalue weighted by Crippen LogP contribution is 2.54. The Morgan fingerprint density at radius 1 is 1.04 bits per heavy atom. The van der Waals surface area contributed by atoms with Crippen LogP contribution in [-0.4, -0.2) is 114 Å². The molecule has 2 heterocycles. The van der Waals surface area contributed by atoms with Crippen molar-refractivity contribution in [2.24, 2.45) is 17.6 Å². The van der Waals surface area contributed by atoms with Crippen LogP contribution in [-0.2, 0) is 22.6 Å². The number of piperazine rings is 1. The van der Waals surface area contributed by atoms with E-state index >= 15 is 0 Å². The van der Waals surface area contributed by atoms with E-state index < -0.39 is 58.0 Å². The molecule has 0 spiro atoms. The number of Topliss-reactive ketones (excluding diaryl/α,β-unsaturated/α-hetero) is 2. The van der Waals surface area contributed by atoms with Crippen LogP contribution in [0.4, 0.5) is 15.8 Å². The first-order valence-corrected chi connectivity index (χ1v) is 17.2. The smallest absolute Gasteiger partial charge is 0.255 e. The number of phenolic OH excluding ortho intramolecular Hbond substituents is 1. The number of halogens is 1. The summed E-state index contributed by atoms with van der Waals surface area (Å²) in [6.45, 7) is 3.09. The van der Waals surface area contributed by atoms with Gasteiger partial charge in [0, 0.05) is 57.5 Å². The van der Waals surface area contributed by atoms with Crippen LogP contribution in [0.15, 0.2) is 69.5 Å². The molecule has 6 N–H and O–H groups in total. The van der Waals surface area contributed by atoms with Crippen LogP contribution in [0, 0.1) is 17.7 Å². The Morgan fingerprint density at radius 2 is 1.73 bits per heavy atom. The second-order valence-corrected chi connectivity index (χ2v) is 14.5. The summed E-state index contributed by atoms with van der Waals surface area (Å²) in [7, 11) is 6.78. The molecule has 4 atom stereocenters. The van der Waals surface area contributed by atoms with E-state index in [9.17, 15) is 39.2 Å². The minimum atomic E-state index is -2.72. The lowest BCUT2D eigenvalue weighted by Gasteiger charge is -2.50. The third-order valence-corrected chi connectivity index (χ3v) is 11.1. The minimum Gasteiger partial charge on any atom is -0.510 e. The number of aromatic hydroxyl groups is 1. The lowest BCUT2D eigenvalue weighted by atomic mass is 9.58. The average Bonchev–Trinajstić information content (AvgIpc) is 3.54. The molecule has 0 unspecified atom stereocenters. The fourth-order valence-corrected chi connectivity index (χ4v) is 8.57. The Morgan fingerprint density at radius 3 is 2.37 bits per heavy atom. The zero-order valence-corrected chi connectivity index (χ0v) is 29.4. The zero-order valence-electron chi connectivity index (χ0n) is 29.4. The maximum atomic E-state index is 14.4. The second kappa shape index (κ2) is 12.8. The molecule has 0 saturated carbocycles. The predicted molar refractivity (Wildman–Crippen MR) is 190 cm³/mol. The van der Waals surface area contributed by atoms with Crippen LogP contribution in [0.1, 0.15) is 28.1 Å². The van der Waals surface area contributed by atoms with Crippen LogP contribution < -0.4 is 15.5 Å². The van der Waals surface area contributed by atoms with Crippen molar-refractivity contribution in [3.63, 3.8) is 0 Å². The molecule has 3 aliphatic carbocycles. The van der Waals surface area contributed by atoms with Crippen molar-refractivity contribution in [2.75, 3.05) is 64.2 Å². The monoisotopic (exact) mass is 715 g/mol. The number of nitrogens with two attached hydrogens (primary N) is 1. The Labute approximate surface area is 299 Å². The number of rotatable bonds is 7. The molecular formula is C38H42FN5O8. The van der Waals surface area contributed by atoms with E-state index in [0.29, 0.717) is 61.2 Å². The van der Waals surface area contributed by atoms with Gasteiger partial charge in [0.2, 0.25) is 5.78 Å². The van der Waals surface area contributed by atoms with Gasteiger partial charge in [-0.15, -0.1) is 0 Å². The van der Waals surface area contributed by atoms with E-state index in [0.717, 1.165) is 0 Å². The summed E-state index contributed by atoms with van der Waals surface area (Å²) in [5.74, 6) is -6.38. The van der Waals surface area contributed by atoms with Crippen molar-refractivity contribution in [1.82, 2.24) is 9.80 Å². The van der Waals surface area contributed by atoms with Crippen molar-refractivity contribution in [1.29, 1.82) is 0 Å².